The highest BCUT2D eigenvalue weighted by atomic mass is 127. The Morgan fingerprint density at radius 2 is 1.78 bits per heavy atom. The second-order valence-electron chi connectivity index (χ2n) is 4.98. The van der Waals surface area contributed by atoms with Crippen LogP contribution in [-0.2, 0) is 4.79 Å². The van der Waals surface area contributed by atoms with E-state index < -0.39 is 17.0 Å². The van der Waals surface area contributed by atoms with E-state index in [1.54, 1.807) is 22.6 Å². The maximum atomic E-state index is 13.4. The van der Waals surface area contributed by atoms with E-state index in [-0.39, 0.29) is 15.2 Å². The number of hydrogen-bond acceptors (Lipinski definition) is 1. The normalized spacial score (nSPS) is 17.8. The van der Waals surface area contributed by atoms with Crippen molar-refractivity contribution in [1.82, 2.24) is 0 Å². The zero-order valence-corrected chi connectivity index (χ0v) is 12.2. The van der Waals surface area contributed by atoms with Gasteiger partial charge >= 0.3 is 0 Å². The largest absolute Gasteiger partial charge is 0.325 e. The first-order chi connectivity index (χ1) is 8.42. The van der Waals surface area contributed by atoms with Gasteiger partial charge in [-0.2, -0.15) is 0 Å². The number of hydrogen-bond donors (Lipinski definition) is 1. The van der Waals surface area contributed by atoms with Gasteiger partial charge in [0, 0.05) is 11.1 Å². The molecule has 5 heteroatoms. The Balaban J connectivity index is 2.17. The molecule has 1 aromatic carbocycles. The molecule has 1 aromatic rings. The SMILES string of the molecule is CC1(C(=O)Nc2cc(F)c(I)c(F)c2)CCCC1. The van der Waals surface area contributed by atoms with Crippen LogP contribution in [0, 0.1) is 20.6 Å². The molecule has 1 N–H and O–H groups in total. The Kier molecular flexibility index (Phi) is 3.89. The maximum Gasteiger partial charge on any atom is 0.230 e. The summed E-state index contributed by atoms with van der Waals surface area (Å²) in [5.74, 6) is -1.45. The lowest BCUT2D eigenvalue weighted by Crippen LogP contribution is -2.30. The van der Waals surface area contributed by atoms with E-state index in [0.29, 0.717) is 0 Å². The lowest BCUT2D eigenvalue weighted by molar-refractivity contribution is -0.124. The summed E-state index contributed by atoms with van der Waals surface area (Å²) >= 11 is 1.60. The maximum absolute atomic E-state index is 13.4. The fourth-order valence-electron chi connectivity index (χ4n) is 2.29. The third-order valence-corrected chi connectivity index (χ3v) is 4.53. The van der Waals surface area contributed by atoms with Gasteiger partial charge in [0.2, 0.25) is 5.91 Å². The second-order valence-corrected chi connectivity index (χ2v) is 6.05. The molecule has 0 saturated heterocycles. The Hall–Kier alpha value is -0.720. The van der Waals surface area contributed by atoms with Crippen molar-refractivity contribution < 1.29 is 13.6 Å². The summed E-state index contributed by atoms with van der Waals surface area (Å²) in [5, 5.41) is 2.61. The van der Waals surface area contributed by atoms with Crippen LogP contribution in [0.25, 0.3) is 0 Å². The molecule has 0 unspecified atom stereocenters. The zero-order valence-electron chi connectivity index (χ0n) is 10.0. The van der Waals surface area contributed by atoms with Gasteiger partial charge in [0.05, 0.1) is 3.57 Å². The molecule has 0 heterocycles. The molecule has 1 fully saturated rings. The number of nitrogens with one attached hydrogen (secondary N) is 1. The predicted octanol–water partition coefficient (Wildman–Crippen LogP) is 4.09. The Bertz CT molecular complexity index is 461. The summed E-state index contributed by atoms with van der Waals surface area (Å²) in [5.41, 5.74) is -0.223. The first-order valence-corrected chi connectivity index (χ1v) is 6.96. The van der Waals surface area contributed by atoms with E-state index in [4.69, 9.17) is 0 Å². The zero-order chi connectivity index (χ0) is 13.3. The first kappa shape index (κ1) is 13.7. The summed E-state index contributed by atoms with van der Waals surface area (Å²) in [6, 6.07) is 2.31. The average molecular weight is 365 g/mol. The van der Waals surface area contributed by atoms with Crippen molar-refractivity contribution in [3.8, 4) is 0 Å². The van der Waals surface area contributed by atoms with Crippen LogP contribution in [0.4, 0.5) is 14.5 Å². The van der Waals surface area contributed by atoms with Crippen molar-refractivity contribution in [3.05, 3.63) is 27.3 Å². The van der Waals surface area contributed by atoms with E-state index in [1.165, 1.54) is 0 Å². The molecule has 1 aliphatic carbocycles. The molecular weight excluding hydrogens is 351 g/mol. The Morgan fingerprint density at radius 3 is 2.28 bits per heavy atom. The fraction of sp³-hybridized carbons (Fsp3) is 0.462. The van der Waals surface area contributed by atoms with Gasteiger partial charge in [-0.3, -0.25) is 4.79 Å². The lowest BCUT2D eigenvalue weighted by Gasteiger charge is -2.22. The van der Waals surface area contributed by atoms with Crippen LogP contribution >= 0.6 is 22.6 Å². The highest BCUT2D eigenvalue weighted by molar-refractivity contribution is 14.1. The minimum absolute atomic E-state index is 0.0577. The van der Waals surface area contributed by atoms with Gasteiger partial charge in [0.1, 0.15) is 11.6 Å². The van der Waals surface area contributed by atoms with Crippen molar-refractivity contribution in [1.29, 1.82) is 0 Å². The Morgan fingerprint density at radius 1 is 1.28 bits per heavy atom. The topological polar surface area (TPSA) is 29.1 Å². The molecule has 2 nitrogen and oxygen atoms in total. The number of anilines is 1. The van der Waals surface area contributed by atoms with Gasteiger partial charge < -0.3 is 5.32 Å². The van der Waals surface area contributed by atoms with Crippen LogP contribution in [0.5, 0.6) is 0 Å². The fourth-order valence-corrected chi connectivity index (χ4v) is 2.60. The van der Waals surface area contributed by atoms with Gasteiger partial charge in [-0.1, -0.05) is 19.8 Å². The molecular formula is C13H14F2INO. The smallest absolute Gasteiger partial charge is 0.230 e. The van der Waals surface area contributed by atoms with Crippen LogP contribution < -0.4 is 5.32 Å². The first-order valence-electron chi connectivity index (χ1n) is 5.88. The number of carbonyl (C=O) groups is 1. The molecule has 0 spiro atoms. The second kappa shape index (κ2) is 5.11. The van der Waals surface area contributed by atoms with Crippen LogP contribution in [-0.4, -0.2) is 5.91 Å². The highest BCUT2D eigenvalue weighted by Gasteiger charge is 2.36. The number of carbonyl (C=O) groups excluding carboxylic acids is 1. The molecule has 0 aromatic heterocycles. The van der Waals surface area contributed by atoms with E-state index in [0.717, 1.165) is 37.8 Å². The number of amides is 1. The number of halogens is 3. The van der Waals surface area contributed by atoms with Crippen LogP contribution in [0.1, 0.15) is 32.6 Å². The third-order valence-electron chi connectivity index (χ3n) is 3.50. The minimum Gasteiger partial charge on any atom is -0.325 e. The van der Waals surface area contributed by atoms with Crippen molar-refractivity contribution >= 4 is 34.2 Å². The van der Waals surface area contributed by atoms with E-state index in [9.17, 15) is 13.6 Å². The van der Waals surface area contributed by atoms with E-state index in [1.807, 2.05) is 6.92 Å². The molecule has 1 saturated carbocycles. The van der Waals surface area contributed by atoms with Crippen molar-refractivity contribution in [3.63, 3.8) is 0 Å². The van der Waals surface area contributed by atoms with Gasteiger partial charge in [-0.05, 0) is 47.6 Å². The van der Waals surface area contributed by atoms with Gasteiger partial charge in [0.15, 0.2) is 0 Å². The van der Waals surface area contributed by atoms with Gasteiger partial charge in [0.25, 0.3) is 0 Å². The van der Waals surface area contributed by atoms with Crippen molar-refractivity contribution in [2.24, 2.45) is 5.41 Å². The third kappa shape index (κ3) is 2.65. The summed E-state index contributed by atoms with van der Waals surface area (Å²) in [6.45, 7) is 1.90. The quantitative estimate of drug-likeness (QED) is 0.621. The van der Waals surface area contributed by atoms with Crippen LogP contribution in [0.15, 0.2) is 12.1 Å². The van der Waals surface area contributed by atoms with Gasteiger partial charge in [-0.15, -0.1) is 0 Å². The molecule has 2 rings (SSSR count). The lowest BCUT2D eigenvalue weighted by atomic mass is 9.88. The van der Waals surface area contributed by atoms with E-state index >= 15 is 0 Å². The molecule has 98 valence electrons. The molecule has 0 atom stereocenters. The molecule has 18 heavy (non-hydrogen) atoms. The summed E-state index contributed by atoms with van der Waals surface area (Å²) < 4.78 is 26.7. The summed E-state index contributed by atoms with van der Waals surface area (Å²) in [6.07, 6.45) is 3.71. The molecule has 1 amide bonds. The summed E-state index contributed by atoms with van der Waals surface area (Å²) in [4.78, 5) is 12.1. The van der Waals surface area contributed by atoms with Gasteiger partial charge in [-0.25, -0.2) is 8.78 Å². The number of benzene rings is 1. The summed E-state index contributed by atoms with van der Waals surface area (Å²) in [7, 11) is 0. The molecule has 0 bridgehead atoms. The van der Waals surface area contributed by atoms with Crippen molar-refractivity contribution in [2.75, 3.05) is 5.32 Å². The standard InChI is InChI=1S/C13H14F2INO/c1-13(4-2-3-5-13)12(18)17-8-6-9(14)11(16)10(15)7-8/h6-7H,2-5H2,1H3,(H,17,18). The van der Waals surface area contributed by atoms with Crippen LogP contribution in [0.3, 0.4) is 0 Å². The Labute approximate surface area is 118 Å². The van der Waals surface area contributed by atoms with Crippen molar-refractivity contribution in [2.45, 2.75) is 32.6 Å². The average Bonchev–Trinajstić information content (AvgIpc) is 2.74. The molecule has 0 radical (unpaired) electrons. The predicted molar refractivity (Wildman–Crippen MR) is 74.3 cm³/mol. The minimum atomic E-state index is -0.650. The van der Waals surface area contributed by atoms with E-state index in [2.05, 4.69) is 5.32 Å². The molecule has 1 aliphatic rings. The van der Waals surface area contributed by atoms with Crippen LogP contribution in [0.2, 0.25) is 0 Å². The highest BCUT2D eigenvalue weighted by Crippen LogP contribution is 2.38. The monoisotopic (exact) mass is 365 g/mol. The molecule has 0 aliphatic heterocycles. The number of rotatable bonds is 2.